The Morgan fingerprint density at radius 2 is 2.05 bits per heavy atom. The predicted molar refractivity (Wildman–Crippen MR) is 86.6 cm³/mol. The van der Waals surface area contributed by atoms with Crippen molar-refractivity contribution in [3.05, 3.63) is 47.6 Å². The molecule has 0 amide bonds. The van der Waals surface area contributed by atoms with E-state index in [2.05, 4.69) is 50.0 Å². The van der Waals surface area contributed by atoms with Gasteiger partial charge in [0.05, 0.1) is 0 Å². The number of aliphatic imine (C=N–C) groups is 1. The first-order valence-corrected chi connectivity index (χ1v) is 7.63. The molecule has 2 N–H and O–H groups in total. The summed E-state index contributed by atoms with van der Waals surface area (Å²) in [5.74, 6) is 1.93. The molecule has 0 spiro atoms. The molecule has 0 aliphatic rings. The average Bonchev–Trinajstić information content (AvgIpc) is 2.95. The van der Waals surface area contributed by atoms with Crippen LogP contribution in [-0.2, 0) is 13.0 Å². The zero-order valence-electron chi connectivity index (χ0n) is 13.2. The molecular formula is C16H23N5O. The van der Waals surface area contributed by atoms with Crippen LogP contribution >= 0.6 is 0 Å². The molecule has 0 atom stereocenters. The van der Waals surface area contributed by atoms with Gasteiger partial charge in [-0.3, -0.25) is 0 Å². The molecule has 22 heavy (non-hydrogen) atoms. The van der Waals surface area contributed by atoms with E-state index in [9.17, 15) is 0 Å². The molecule has 0 radical (unpaired) electrons. The first-order chi connectivity index (χ1) is 10.8. The maximum Gasteiger partial charge on any atom is 0.223 e. The van der Waals surface area contributed by atoms with Crippen LogP contribution in [0.4, 0.5) is 0 Å². The summed E-state index contributed by atoms with van der Waals surface area (Å²) in [6.45, 7) is 5.90. The van der Waals surface area contributed by atoms with Gasteiger partial charge in [-0.1, -0.05) is 35.5 Å². The van der Waals surface area contributed by atoms with Gasteiger partial charge >= 0.3 is 0 Å². The van der Waals surface area contributed by atoms with Gasteiger partial charge in [0.25, 0.3) is 0 Å². The average molecular weight is 301 g/mol. The van der Waals surface area contributed by atoms with Crippen LogP contribution in [0.1, 0.15) is 30.6 Å². The largest absolute Gasteiger partial charge is 0.357 e. The quantitative estimate of drug-likeness (QED) is 0.465. The van der Waals surface area contributed by atoms with Crippen molar-refractivity contribution < 1.29 is 4.52 Å². The second kappa shape index (κ2) is 8.81. The predicted octanol–water partition coefficient (Wildman–Crippen LogP) is 2.07. The van der Waals surface area contributed by atoms with Crippen LogP contribution in [0.5, 0.6) is 0 Å². The molecule has 0 unspecified atom stereocenters. The zero-order valence-corrected chi connectivity index (χ0v) is 13.2. The van der Waals surface area contributed by atoms with Gasteiger partial charge in [0.2, 0.25) is 5.89 Å². The number of aryl methyl sites for hydroxylation is 2. The highest BCUT2D eigenvalue weighted by Crippen LogP contribution is 2.01. The molecule has 0 saturated carbocycles. The fourth-order valence-corrected chi connectivity index (χ4v) is 2.04. The van der Waals surface area contributed by atoms with E-state index in [0.29, 0.717) is 18.3 Å². The Kier molecular flexibility index (Phi) is 6.41. The second-order valence-electron chi connectivity index (χ2n) is 4.94. The maximum atomic E-state index is 4.93. The Balaban J connectivity index is 1.76. The first-order valence-electron chi connectivity index (χ1n) is 7.63. The van der Waals surface area contributed by atoms with Crippen molar-refractivity contribution in [2.24, 2.45) is 4.99 Å². The van der Waals surface area contributed by atoms with E-state index in [-0.39, 0.29) is 0 Å². The van der Waals surface area contributed by atoms with Crippen LogP contribution < -0.4 is 10.6 Å². The number of hydrogen-bond donors (Lipinski definition) is 2. The standard InChI is InChI=1S/C16H23N5O/c1-3-17-16(19-12-15-20-13(2)22-21-15)18-11-7-10-14-8-5-4-6-9-14/h4-6,8-9H,3,7,10-12H2,1-2H3,(H2,17,18,19). The van der Waals surface area contributed by atoms with Crippen molar-refractivity contribution in [3.8, 4) is 0 Å². The number of nitrogens with one attached hydrogen (secondary N) is 2. The van der Waals surface area contributed by atoms with Crippen molar-refractivity contribution >= 4 is 5.96 Å². The number of guanidine groups is 1. The minimum absolute atomic E-state index is 0.408. The van der Waals surface area contributed by atoms with Gasteiger partial charge in [0, 0.05) is 20.0 Å². The first kappa shape index (κ1) is 16.0. The monoisotopic (exact) mass is 301 g/mol. The topological polar surface area (TPSA) is 75.3 Å². The third-order valence-electron chi connectivity index (χ3n) is 3.07. The van der Waals surface area contributed by atoms with E-state index in [0.717, 1.165) is 31.9 Å². The van der Waals surface area contributed by atoms with E-state index in [1.165, 1.54) is 5.56 Å². The van der Waals surface area contributed by atoms with E-state index in [4.69, 9.17) is 4.52 Å². The van der Waals surface area contributed by atoms with Crippen molar-refractivity contribution in [3.63, 3.8) is 0 Å². The number of nitrogens with zero attached hydrogens (tertiary/aromatic N) is 3. The highest BCUT2D eigenvalue weighted by Gasteiger charge is 2.02. The Bertz CT molecular complexity index is 579. The third kappa shape index (κ3) is 5.55. The molecule has 0 aliphatic carbocycles. The SMILES string of the molecule is CCNC(=NCc1noc(C)n1)NCCCc1ccccc1. The molecule has 0 fully saturated rings. The zero-order chi connectivity index (χ0) is 15.6. The Labute approximate surface area is 131 Å². The molecule has 1 aromatic carbocycles. The third-order valence-corrected chi connectivity index (χ3v) is 3.07. The smallest absolute Gasteiger partial charge is 0.223 e. The number of hydrogen-bond acceptors (Lipinski definition) is 4. The minimum atomic E-state index is 0.408. The van der Waals surface area contributed by atoms with Crippen LogP contribution in [-0.4, -0.2) is 29.2 Å². The van der Waals surface area contributed by atoms with Crippen molar-refractivity contribution in [1.29, 1.82) is 0 Å². The lowest BCUT2D eigenvalue weighted by atomic mass is 10.1. The summed E-state index contributed by atoms with van der Waals surface area (Å²) in [7, 11) is 0. The van der Waals surface area contributed by atoms with Crippen LogP contribution in [0.2, 0.25) is 0 Å². The maximum absolute atomic E-state index is 4.93. The molecule has 0 bridgehead atoms. The van der Waals surface area contributed by atoms with Gasteiger partial charge in [-0.25, -0.2) is 4.99 Å². The molecular weight excluding hydrogens is 278 g/mol. The lowest BCUT2D eigenvalue weighted by molar-refractivity contribution is 0.387. The molecule has 2 rings (SSSR count). The van der Waals surface area contributed by atoms with Crippen LogP contribution in [0.3, 0.4) is 0 Å². The molecule has 1 aromatic heterocycles. The van der Waals surface area contributed by atoms with Gasteiger partial charge in [-0.15, -0.1) is 0 Å². The molecule has 0 saturated heterocycles. The minimum Gasteiger partial charge on any atom is -0.357 e. The van der Waals surface area contributed by atoms with E-state index >= 15 is 0 Å². The van der Waals surface area contributed by atoms with Crippen molar-refractivity contribution in [2.45, 2.75) is 33.2 Å². The molecule has 6 nitrogen and oxygen atoms in total. The molecule has 0 aliphatic heterocycles. The Hall–Kier alpha value is -2.37. The fourth-order valence-electron chi connectivity index (χ4n) is 2.04. The van der Waals surface area contributed by atoms with Crippen molar-refractivity contribution in [1.82, 2.24) is 20.8 Å². The number of benzene rings is 1. The van der Waals surface area contributed by atoms with Gasteiger partial charge in [-0.05, 0) is 25.3 Å². The molecule has 2 aromatic rings. The van der Waals surface area contributed by atoms with Gasteiger partial charge in [0.1, 0.15) is 6.54 Å². The number of aromatic nitrogens is 2. The highest BCUT2D eigenvalue weighted by atomic mass is 16.5. The van der Waals surface area contributed by atoms with Gasteiger partial charge in [-0.2, -0.15) is 4.98 Å². The van der Waals surface area contributed by atoms with Crippen LogP contribution in [0.25, 0.3) is 0 Å². The molecule has 118 valence electrons. The Morgan fingerprint density at radius 3 is 2.73 bits per heavy atom. The van der Waals surface area contributed by atoms with Crippen LogP contribution in [0.15, 0.2) is 39.8 Å². The Morgan fingerprint density at radius 1 is 1.23 bits per heavy atom. The van der Waals surface area contributed by atoms with Gasteiger partial charge < -0.3 is 15.2 Å². The summed E-state index contributed by atoms with van der Waals surface area (Å²) < 4.78 is 4.93. The lowest BCUT2D eigenvalue weighted by Gasteiger charge is -2.10. The fraction of sp³-hybridized carbons (Fsp3) is 0.438. The summed E-state index contributed by atoms with van der Waals surface area (Å²) in [5, 5.41) is 10.4. The summed E-state index contributed by atoms with van der Waals surface area (Å²) in [4.78, 5) is 8.59. The van der Waals surface area contributed by atoms with E-state index < -0.39 is 0 Å². The summed E-state index contributed by atoms with van der Waals surface area (Å²) >= 11 is 0. The normalized spacial score (nSPS) is 11.5. The van der Waals surface area contributed by atoms with Gasteiger partial charge in [0.15, 0.2) is 11.8 Å². The summed E-state index contributed by atoms with van der Waals surface area (Å²) in [6, 6.07) is 10.5. The highest BCUT2D eigenvalue weighted by molar-refractivity contribution is 5.79. The van der Waals surface area contributed by atoms with E-state index in [1.54, 1.807) is 6.92 Å². The number of rotatable bonds is 7. The summed E-state index contributed by atoms with van der Waals surface area (Å²) in [5.41, 5.74) is 1.36. The summed E-state index contributed by atoms with van der Waals surface area (Å²) in [6.07, 6.45) is 2.10. The molecule has 1 heterocycles. The molecule has 6 heteroatoms. The van der Waals surface area contributed by atoms with E-state index in [1.807, 2.05) is 13.0 Å². The van der Waals surface area contributed by atoms with Crippen LogP contribution in [0, 0.1) is 6.92 Å². The van der Waals surface area contributed by atoms with Crippen molar-refractivity contribution in [2.75, 3.05) is 13.1 Å². The lowest BCUT2D eigenvalue weighted by Crippen LogP contribution is -2.37. The second-order valence-corrected chi connectivity index (χ2v) is 4.94.